The zero-order valence-electron chi connectivity index (χ0n) is 24.5. The molecule has 1 aromatic carbocycles. The van der Waals surface area contributed by atoms with Gasteiger partial charge in [-0.15, -0.1) is 0 Å². The maximum absolute atomic E-state index is 13.4. The molecule has 6 N–H and O–H groups in total. The largest absolute Gasteiger partial charge is 0.483 e. The van der Waals surface area contributed by atoms with Crippen LogP contribution in [-0.2, 0) is 22.6 Å². The van der Waals surface area contributed by atoms with Gasteiger partial charge in [0, 0.05) is 31.4 Å². The Morgan fingerprint density at radius 2 is 1.95 bits per heavy atom. The van der Waals surface area contributed by atoms with Crippen LogP contribution < -0.4 is 26.8 Å². The van der Waals surface area contributed by atoms with Gasteiger partial charge in [0.05, 0.1) is 42.8 Å². The fourth-order valence-corrected chi connectivity index (χ4v) is 4.61. The molecular weight excluding hydrogens is 570 g/mol. The quantitative estimate of drug-likeness (QED) is 0.136. The van der Waals surface area contributed by atoms with E-state index in [4.69, 9.17) is 25.7 Å². The van der Waals surface area contributed by atoms with E-state index in [2.05, 4.69) is 25.7 Å². The first kappa shape index (κ1) is 30.0. The van der Waals surface area contributed by atoms with Gasteiger partial charge in [0.1, 0.15) is 28.9 Å². The molecule has 1 saturated heterocycles. The first-order valence-corrected chi connectivity index (χ1v) is 13.9. The number of benzene rings is 1. The number of nitrogens with two attached hydrogens (primary N) is 2. The lowest BCUT2D eigenvalue weighted by Gasteiger charge is -2.27. The van der Waals surface area contributed by atoms with Crippen LogP contribution in [0.4, 0.5) is 17.5 Å². The Balaban J connectivity index is 1.44. The highest BCUT2D eigenvalue weighted by molar-refractivity contribution is 6.04. The number of aryl methyl sites for hydroxylation is 2. The summed E-state index contributed by atoms with van der Waals surface area (Å²) in [5.74, 6) is -0.523. The molecule has 4 aromatic rings. The van der Waals surface area contributed by atoms with Crippen LogP contribution in [0.5, 0.6) is 5.75 Å². The Morgan fingerprint density at radius 1 is 1.16 bits per heavy atom. The Bertz CT molecular complexity index is 1760. The number of pyridine rings is 1. The second-order valence-electron chi connectivity index (χ2n) is 9.98. The lowest BCUT2D eigenvalue weighted by atomic mass is 10.1. The number of nitrogen functional groups attached to an aromatic ring is 1. The Kier molecular flexibility index (Phi) is 8.76. The topological polar surface area (TPSA) is 204 Å². The third-order valence-electron chi connectivity index (χ3n) is 6.83. The number of nitrogens with zero attached hydrogens (tertiary/aromatic N) is 5. The second kappa shape index (κ2) is 12.8. The number of carbonyl (C=O) groups is 3. The molecule has 0 radical (unpaired) electrons. The Hall–Kier alpha value is -5.44. The van der Waals surface area contributed by atoms with Gasteiger partial charge in [-0.2, -0.15) is 5.10 Å². The first-order valence-electron chi connectivity index (χ1n) is 13.9. The number of methoxy groups -OCH3 is 1. The summed E-state index contributed by atoms with van der Waals surface area (Å²) in [6, 6.07) is 6.32. The zero-order valence-corrected chi connectivity index (χ0v) is 24.5. The molecular formula is C29H33N9O6. The van der Waals surface area contributed by atoms with E-state index >= 15 is 0 Å². The molecule has 0 aliphatic carbocycles. The number of imidazole rings is 1. The summed E-state index contributed by atoms with van der Waals surface area (Å²) in [6.45, 7) is 5.66. The number of nitrogens with one attached hydrogen (secondary N) is 2. The second-order valence-corrected chi connectivity index (χ2v) is 9.98. The highest BCUT2D eigenvalue weighted by atomic mass is 16.6. The normalized spacial score (nSPS) is 13.2. The molecule has 0 spiro atoms. The van der Waals surface area contributed by atoms with Crippen molar-refractivity contribution in [3.8, 4) is 5.75 Å². The van der Waals surface area contributed by atoms with Crippen LogP contribution in [0.15, 0.2) is 42.6 Å². The smallest absolute Gasteiger partial charge is 0.339 e. The minimum Gasteiger partial charge on any atom is -0.483 e. The molecule has 0 atom stereocenters. The molecule has 0 saturated carbocycles. The predicted molar refractivity (Wildman–Crippen MR) is 162 cm³/mol. The number of primary amides is 1. The monoisotopic (exact) mass is 603 g/mol. The minimum absolute atomic E-state index is 0.201. The SMILES string of the molecule is CCn1nc(C)cc1C(=O)Nc1nc2cc(C(N)=O)cc(OC3COC3)c2n1C/C=C/CNc1ncc(C(=O)OC)cc1N. The maximum Gasteiger partial charge on any atom is 0.339 e. The standard InChI is InChI=1S/C29H33N9O6/c1-4-38-22(9-16(2)36-38)27(40)35-29-34-21-11-17(25(31)39)12-23(44-19-14-43-15-19)24(21)37(29)8-6-5-7-32-26-20(30)10-18(13-33-26)28(41)42-3/h5-6,9-13,19H,4,7-8,14-15,30H2,1-3H3,(H2,31,39)(H,32,33)(H,34,35,40)/b6-5+. The fraction of sp³-hybridized carbons (Fsp3) is 0.310. The number of esters is 1. The summed E-state index contributed by atoms with van der Waals surface area (Å²) in [6.07, 6.45) is 4.89. The molecule has 2 amide bonds. The number of amides is 2. The lowest BCUT2D eigenvalue weighted by molar-refractivity contribution is -0.0792. The molecule has 230 valence electrons. The molecule has 15 heteroatoms. The van der Waals surface area contributed by atoms with Crippen molar-refractivity contribution in [3.05, 3.63) is 65.1 Å². The summed E-state index contributed by atoms with van der Waals surface area (Å²) >= 11 is 0. The molecule has 5 rings (SSSR count). The van der Waals surface area contributed by atoms with Crippen LogP contribution in [0.3, 0.4) is 0 Å². The van der Waals surface area contributed by atoms with Crippen LogP contribution in [0, 0.1) is 6.92 Å². The van der Waals surface area contributed by atoms with E-state index in [1.807, 2.05) is 26.0 Å². The summed E-state index contributed by atoms with van der Waals surface area (Å²) in [5.41, 5.74) is 14.5. The third kappa shape index (κ3) is 6.32. The fourth-order valence-electron chi connectivity index (χ4n) is 4.61. The number of carbonyl (C=O) groups excluding carboxylic acids is 3. The van der Waals surface area contributed by atoms with Gasteiger partial charge in [-0.25, -0.2) is 14.8 Å². The van der Waals surface area contributed by atoms with Crippen LogP contribution in [-0.4, -0.2) is 75.1 Å². The van der Waals surface area contributed by atoms with Gasteiger partial charge in [0.25, 0.3) is 5.91 Å². The molecule has 0 bridgehead atoms. The molecule has 1 aliphatic heterocycles. The predicted octanol–water partition coefficient (Wildman–Crippen LogP) is 2.12. The van der Waals surface area contributed by atoms with Gasteiger partial charge < -0.3 is 35.6 Å². The average molecular weight is 604 g/mol. The van der Waals surface area contributed by atoms with Crippen molar-refractivity contribution in [3.63, 3.8) is 0 Å². The van der Waals surface area contributed by atoms with E-state index in [1.165, 1.54) is 19.4 Å². The average Bonchev–Trinajstić information content (AvgIpc) is 3.54. The highest BCUT2D eigenvalue weighted by Gasteiger charge is 2.25. The number of hydrogen-bond acceptors (Lipinski definition) is 11. The van der Waals surface area contributed by atoms with Crippen LogP contribution in [0.2, 0.25) is 0 Å². The van der Waals surface area contributed by atoms with E-state index in [1.54, 1.807) is 27.4 Å². The van der Waals surface area contributed by atoms with Crippen molar-refractivity contribution < 1.29 is 28.6 Å². The summed E-state index contributed by atoms with van der Waals surface area (Å²) in [4.78, 5) is 46.0. The van der Waals surface area contributed by atoms with Crippen molar-refractivity contribution in [2.24, 2.45) is 5.73 Å². The van der Waals surface area contributed by atoms with E-state index in [0.717, 1.165) is 0 Å². The third-order valence-corrected chi connectivity index (χ3v) is 6.83. The maximum atomic E-state index is 13.4. The van der Waals surface area contributed by atoms with Gasteiger partial charge >= 0.3 is 5.97 Å². The van der Waals surface area contributed by atoms with Gasteiger partial charge in [0.15, 0.2) is 0 Å². The highest BCUT2D eigenvalue weighted by Crippen LogP contribution is 2.32. The molecule has 1 aliphatic rings. The number of allylic oxidation sites excluding steroid dienone is 1. The minimum atomic E-state index is -0.637. The molecule has 0 unspecified atom stereocenters. The molecule has 44 heavy (non-hydrogen) atoms. The van der Waals surface area contributed by atoms with E-state index in [0.29, 0.717) is 66.0 Å². The molecule has 15 nitrogen and oxygen atoms in total. The van der Waals surface area contributed by atoms with Gasteiger partial charge in [0.2, 0.25) is 11.9 Å². The number of ether oxygens (including phenoxy) is 3. The number of anilines is 3. The van der Waals surface area contributed by atoms with Crippen molar-refractivity contribution >= 4 is 46.3 Å². The van der Waals surface area contributed by atoms with E-state index in [9.17, 15) is 14.4 Å². The number of hydrogen-bond donors (Lipinski definition) is 4. The van der Waals surface area contributed by atoms with Crippen LogP contribution >= 0.6 is 0 Å². The summed E-state index contributed by atoms with van der Waals surface area (Å²) < 4.78 is 19.5. The molecule has 3 aromatic heterocycles. The number of aromatic nitrogens is 5. The number of rotatable bonds is 12. The van der Waals surface area contributed by atoms with Gasteiger partial charge in [-0.1, -0.05) is 12.2 Å². The first-order chi connectivity index (χ1) is 21.2. The van der Waals surface area contributed by atoms with Crippen LogP contribution in [0.1, 0.15) is 43.8 Å². The molecule has 4 heterocycles. The summed E-state index contributed by atoms with van der Waals surface area (Å²) in [5, 5.41) is 10.4. The zero-order chi connectivity index (χ0) is 31.4. The summed E-state index contributed by atoms with van der Waals surface area (Å²) in [7, 11) is 1.28. The molecule has 1 fully saturated rings. The van der Waals surface area contributed by atoms with Crippen molar-refractivity contribution in [2.45, 2.75) is 33.0 Å². The number of fused-ring (bicyclic) bond motifs is 1. The Morgan fingerprint density at radius 3 is 2.61 bits per heavy atom. The van der Waals surface area contributed by atoms with Crippen molar-refractivity contribution in [1.29, 1.82) is 0 Å². The van der Waals surface area contributed by atoms with Gasteiger partial charge in [-0.05, 0) is 38.1 Å². The van der Waals surface area contributed by atoms with Gasteiger partial charge in [-0.3, -0.25) is 19.6 Å². The van der Waals surface area contributed by atoms with E-state index in [-0.39, 0.29) is 29.7 Å². The van der Waals surface area contributed by atoms with Crippen molar-refractivity contribution in [1.82, 2.24) is 24.3 Å². The van der Waals surface area contributed by atoms with Crippen molar-refractivity contribution in [2.75, 3.05) is 43.2 Å². The van der Waals surface area contributed by atoms with E-state index < -0.39 is 17.8 Å². The lowest BCUT2D eigenvalue weighted by Crippen LogP contribution is -2.38. The Labute approximate surface area is 252 Å². The van der Waals surface area contributed by atoms with Crippen LogP contribution in [0.25, 0.3) is 11.0 Å².